The Bertz CT molecular complexity index is 393. The average molecular weight is 339 g/mol. The molecule has 1 aromatic heterocycles. The predicted molar refractivity (Wildman–Crippen MR) is 78.6 cm³/mol. The van der Waals surface area contributed by atoms with Crippen LogP contribution in [0, 0.1) is 6.92 Å². The Morgan fingerprint density at radius 1 is 1.53 bits per heavy atom. The quantitative estimate of drug-likeness (QED) is 0.792. The highest BCUT2D eigenvalue weighted by molar-refractivity contribution is 9.09. The fourth-order valence-corrected chi connectivity index (χ4v) is 3.64. The van der Waals surface area contributed by atoms with E-state index in [1.807, 2.05) is 12.3 Å². The summed E-state index contributed by atoms with van der Waals surface area (Å²) in [6, 6.07) is 0. The van der Waals surface area contributed by atoms with Crippen LogP contribution >= 0.6 is 38.9 Å². The van der Waals surface area contributed by atoms with Crippen molar-refractivity contribution >= 4 is 44.8 Å². The smallest absolute Gasteiger partial charge is 0.263 e. The van der Waals surface area contributed by atoms with Crippen molar-refractivity contribution < 1.29 is 4.79 Å². The molecule has 0 saturated heterocycles. The zero-order valence-corrected chi connectivity index (χ0v) is 13.4. The Labute approximate surface area is 120 Å². The minimum absolute atomic E-state index is 0.0729. The lowest BCUT2D eigenvalue weighted by atomic mass is 9.95. The van der Waals surface area contributed by atoms with Gasteiger partial charge < -0.3 is 5.32 Å². The number of halogens is 2. The second kappa shape index (κ2) is 6.21. The largest absolute Gasteiger partial charge is 0.345 e. The molecule has 1 amide bonds. The second-order valence-corrected chi connectivity index (χ2v) is 5.96. The van der Waals surface area contributed by atoms with Crippen molar-refractivity contribution in [1.82, 2.24) is 5.32 Å². The fraction of sp³-hybridized carbons (Fsp3) is 0.583. The minimum Gasteiger partial charge on any atom is -0.345 e. The Hall–Kier alpha value is -0.0600. The third kappa shape index (κ3) is 3.24. The number of carbonyl (C=O) groups is 1. The molecule has 0 spiro atoms. The molecule has 0 aliphatic carbocycles. The van der Waals surface area contributed by atoms with Gasteiger partial charge >= 0.3 is 0 Å². The van der Waals surface area contributed by atoms with Gasteiger partial charge in [0.1, 0.15) is 4.88 Å². The summed E-state index contributed by atoms with van der Waals surface area (Å²) in [6.07, 6.45) is 1.78. The third-order valence-electron chi connectivity index (χ3n) is 3.09. The number of amides is 1. The number of nitrogens with one attached hydrogen (secondary N) is 1. The van der Waals surface area contributed by atoms with Crippen LogP contribution in [0.5, 0.6) is 0 Å². The second-order valence-electron chi connectivity index (χ2n) is 4.14. The van der Waals surface area contributed by atoms with E-state index in [9.17, 15) is 4.79 Å². The van der Waals surface area contributed by atoms with Gasteiger partial charge in [-0.05, 0) is 30.7 Å². The summed E-state index contributed by atoms with van der Waals surface area (Å²) in [5, 5.41) is 6.32. The monoisotopic (exact) mass is 337 g/mol. The van der Waals surface area contributed by atoms with E-state index < -0.39 is 0 Å². The molecule has 17 heavy (non-hydrogen) atoms. The molecule has 1 rings (SSSR count). The maximum Gasteiger partial charge on any atom is 0.263 e. The highest BCUT2D eigenvalue weighted by atomic mass is 79.9. The van der Waals surface area contributed by atoms with Crippen LogP contribution in [0.15, 0.2) is 5.38 Å². The third-order valence-corrected chi connectivity index (χ3v) is 5.86. The highest BCUT2D eigenvalue weighted by Crippen LogP contribution is 2.28. The molecule has 0 aliphatic rings. The van der Waals surface area contributed by atoms with E-state index in [1.165, 1.54) is 11.3 Å². The molecule has 0 saturated carbocycles. The van der Waals surface area contributed by atoms with Gasteiger partial charge in [0.15, 0.2) is 0 Å². The first-order valence-electron chi connectivity index (χ1n) is 5.61. The number of rotatable bonds is 5. The van der Waals surface area contributed by atoms with Crippen molar-refractivity contribution in [2.45, 2.75) is 39.2 Å². The van der Waals surface area contributed by atoms with E-state index in [-0.39, 0.29) is 11.4 Å². The zero-order valence-electron chi connectivity index (χ0n) is 10.3. The Balaban J connectivity index is 2.88. The van der Waals surface area contributed by atoms with E-state index in [2.05, 4.69) is 35.1 Å². The molecule has 0 atom stereocenters. The van der Waals surface area contributed by atoms with E-state index in [1.54, 1.807) is 0 Å². The molecule has 0 bridgehead atoms. The van der Waals surface area contributed by atoms with Crippen LogP contribution in [0.4, 0.5) is 0 Å². The topological polar surface area (TPSA) is 29.1 Å². The van der Waals surface area contributed by atoms with E-state index in [0.29, 0.717) is 9.90 Å². The molecule has 0 fully saturated rings. The van der Waals surface area contributed by atoms with Crippen LogP contribution in [-0.4, -0.2) is 16.8 Å². The van der Waals surface area contributed by atoms with E-state index in [4.69, 9.17) is 11.6 Å². The number of alkyl halides is 1. The van der Waals surface area contributed by atoms with Gasteiger partial charge in [0, 0.05) is 10.9 Å². The van der Waals surface area contributed by atoms with Crippen LogP contribution < -0.4 is 5.32 Å². The lowest BCUT2D eigenvalue weighted by molar-refractivity contribution is 0.0908. The summed E-state index contributed by atoms with van der Waals surface area (Å²) in [7, 11) is 0. The summed E-state index contributed by atoms with van der Waals surface area (Å²) in [5.74, 6) is -0.0729. The van der Waals surface area contributed by atoms with Gasteiger partial charge in [0.25, 0.3) is 5.91 Å². The molecule has 1 heterocycles. The summed E-state index contributed by atoms with van der Waals surface area (Å²) >= 11 is 11.0. The zero-order chi connectivity index (χ0) is 13.1. The Morgan fingerprint density at radius 3 is 2.47 bits per heavy atom. The summed E-state index contributed by atoms with van der Waals surface area (Å²) in [5.41, 5.74) is 0.775. The number of carbonyl (C=O) groups excluding carboxylic acids is 1. The van der Waals surface area contributed by atoms with Crippen LogP contribution in [0.2, 0.25) is 5.02 Å². The number of hydrogen-bond acceptors (Lipinski definition) is 2. The van der Waals surface area contributed by atoms with Crippen LogP contribution in [0.1, 0.15) is 41.9 Å². The maximum absolute atomic E-state index is 12.2. The van der Waals surface area contributed by atoms with E-state index >= 15 is 0 Å². The SMILES string of the molecule is CCC(CC)(CBr)NC(=O)c1scc(C)c1Cl. The summed E-state index contributed by atoms with van der Waals surface area (Å²) < 4.78 is 0. The van der Waals surface area contributed by atoms with Crippen LogP contribution in [0.3, 0.4) is 0 Å². The molecule has 1 aromatic rings. The normalized spacial score (nSPS) is 11.6. The molecule has 0 aliphatic heterocycles. The minimum atomic E-state index is -0.182. The van der Waals surface area contributed by atoms with Gasteiger partial charge in [-0.25, -0.2) is 0 Å². The highest BCUT2D eigenvalue weighted by Gasteiger charge is 2.28. The van der Waals surface area contributed by atoms with Gasteiger partial charge in [-0.2, -0.15) is 0 Å². The molecule has 0 radical (unpaired) electrons. The molecule has 1 N–H and O–H groups in total. The van der Waals surface area contributed by atoms with Crippen LogP contribution in [-0.2, 0) is 0 Å². The van der Waals surface area contributed by atoms with Crippen molar-refractivity contribution in [2.24, 2.45) is 0 Å². The van der Waals surface area contributed by atoms with Gasteiger partial charge in [-0.15, -0.1) is 11.3 Å². The van der Waals surface area contributed by atoms with Gasteiger partial charge in [0.2, 0.25) is 0 Å². The van der Waals surface area contributed by atoms with Crippen molar-refractivity contribution in [3.63, 3.8) is 0 Å². The molecule has 0 unspecified atom stereocenters. The lowest BCUT2D eigenvalue weighted by Gasteiger charge is -2.30. The van der Waals surface area contributed by atoms with Gasteiger partial charge in [0.05, 0.1) is 5.02 Å². The van der Waals surface area contributed by atoms with Crippen molar-refractivity contribution in [3.05, 3.63) is 20.8 Å². The fourth-order valence-electron chi connectivity index (χ4n) is 1.53. The Morgan fingerprint density at radius 2 is 2.12 bits per heavy atom. The van der Waals surface area contributed by atoms with Crippen molar-refractivity contribution in [3.8, 4) is 0 Å². The van der Waals surface area contributed by atoms with Crippen molar-refractivity contribution in [2.75, 3.05) is 5.33 Å². The summed E-state index contributed by atoms with van der Waals surface area (Å²) in [6.45, 7) is 6.06. The van der Waals surface area contributed by atoms with Gasteiger partial charge in [-0.3, -0.25) is 4.79 Å². The average Bonchev–Trinajstić information content (AvgIpc) is 2.67. The molecule has 5 heteroatoms. The number of hydrogen-bond donors (Lipinski definition) is 1. The first-order valence-corrected chi connectivity index (χ1v) is 7.99. The molecule has 96 valence electrons. The molecular weight excluding hydrogens is 322 g/mol. The lowest BCUT2D eigenvalue weighted by Crippen LogP contribution is -2.48. The van der Waals surface area contributed by atoms with Gasteiger partial charge in [-0.1, -0.05) is 41.4 Å². The Kier molecular flexibility index (Phi) is 5.48. The first kappa shape index (κ1) is 15.0. The molecule has 0 aromatic carbocycles. The molecular formula is C12H17BrClNOS. The number of thiophene rings is 1. The van der Waals surface area contributed by atoms with E-state index in [0.717, 1.165) is 23.7 Å². The summed E-state index contributed by atoms with van der Waals surface area (Å²) in [4.78, 5) is 12.8. The molecule has 2 nitrogen and oxygen atoms in total. The maximum atomic E-state index is 12.2. The standard InChI is InChI=1S/C12H17BrClNOS/c1-4-12(5-2,7-13)15-11(16)10-9(14)8(3)6-17-10/h6H,4-5,7H2,1-3H3,(H,15,16). The van der Waals surface area contributed by atoms with Crippen molar-refractivity contribution in [1.29, 1.82) is 0 Å². The first-order chi connectivity index (χ1) is 7.99. The predicted octanol–water partition coefficient (Wildman–Crippen LogP) is 4.39. The number of aryl methyl sites for hydroxylation is 1. The van der Waals surface area contributed by atoms with Crippen LogP contribution in [0.25, 0.3) is 0 Å².